The van der Waals surface area contributed by atoms with Crippen molar-refractivity contribution >= 4 is 39.1 Å². The highest BCUT2D eigenvalue weighted by Crippen LogP contribution is 2.29. The average molecular weight is 361 g/mol. The molecule has 6 heteroatoms. The summed E-state index contributed by atoms with van der Waals surface area (Å²) < 4.78 is 27.5. The molecule has 1 amide bonds. The van der Waals surface area contributed by atoms with Crippen molar-refractivity contribution in [1.29, 1.82) is 0 Å². The minimum atomic E-state index is -0.781. The molecule has 0 radical (unpaired) electrons. The molecule has 0 atom stereocenters. The molecule has 0 saturated carbocycles. The summed E-state index contributed by atoms with van der Waals surface area (Å²) in [5, 5.41) is 0.326. The number of nitrogens with zero attached hydrogens (tertiary/aromatic N) is 1. The van der Waals surface area contributed by atoms with E-state index in [1.807, 2.05) is 0 Å². The lowest BCUT2D eigenvalue weighted by molar-refractivity contribution is 0.0988. The predicted molar refractivity (Wildman–Crippen MR) is 78.2 cm³/mol. The number of halogens is 4. The van der Waals surface area contributed by atoms with Gasteiger partial charge >= 0.3 is 0 Å². The third-order valence-corrected chi connectivity index (χ3v) is 3.53. The van der Waals surface area contributed by atoms with Crippen molar-refractivity contribution in [3.63, 3.8) is 0 Å². The van der Waals surface area contributed by atoms with Gasteiger partial charge in [0.15, 0.2) is 0 Å². The van der Waals surface area contributed by atoms with Gasteiger partial charge in [-0.05, 0) is 36.4 Å². The van der Waals surface area contributed by atoms with Crippen molar-refractivity contribution in [2.75, 3.05) is 11.9 Å². The smallest absolute Gasteiger partial charge is 0.261 e. The van der Waals surface area contributed by atoms with Crippen molar-refractivity contribution in [1.82, 2.24) is 0 Å². The molecule has 0 bridgehead atoms. The van der Waals surface area contributed by atoms with Crippen molar-refractivity contribution in [3.05, 3.63) is 63.1 Å². The Labute approximate surface area is 128 Å². The van der Waals surface area contributed by atoms with Gasteiger partial charge < -0.3 is 4.90 Å². The lowest BCUT2D eigenvalue weighted by atomic mass is 10.1. The van der Waals surface area contributed by atoms with Crippen LogP contribution >= 0.6 is 27.5 Å². The van der Waals surface area contributed by atoms with Gasteiger partial charge in [-0.15, -0.1) is 0 Å². The Balaban J connectivity index is 2.40. The van der Waals surface area contributed by atoms with Gasteiger partial charge in [-0.25, -0.2) is 8.78 Å². The van der Waals surface area contributed by atoms with Gasteiger partial charge in [-0.3, -0.25) is 4.79 Å². The van der Waals surface area contributed by atoms with E-state index < -0.39 is 17.5 Å². The molecule has 0 fully saturated rings. The number of hydrogen-bond donors (Lipinski definition) is 0. The highest BCUT2D eigenvalue weighted by molar-refractivity contribution is 9.10. The number of rotatable bonds is 2. The summed E-state index contributed by atoms with van der Waals surface area (Å²) in [6, 6.07) is 7.66. The van der Waals surface area contributed by atoms with Crippen LogP contribution in [-0.2, 0) is 0 Å². The maximum absolute atomic E-state index is 13.6. The molecule has 2 aromatic carbocycles. The Hall–Kier alpha value is -1.46. The zero-order valence-electron chi connectivity index (χ0n) is 10.3. The second-order valence-electron chi connectivity index (χ2n) is 4.08. The van der Waals surface area contributed by atoms with E-state index in [-0.39, 0.29) is 5.56 Å². The van der Waals surface area contributed by atoms with Crippen LogP contribution < -0.4 is 4.90 Å². The Morgan fingerprint density at radius 2 is 1.90 bits per heavy atom. The highest BCUT2D eigenvalue weighted by Gasteiger charge is 2.20. The molecule has 20 heavy (non-hydrogen) atoms. The Morgan fingerprint density at radius 3 is 2.55 bits per heavy atom. The van der Waals surface area contributed by atoms with Crippen molar-refractivity contribution in [2.24, 2.45) is 0 Å². The molecular formula is C14H9BrClF2NO. The van der Waals surface area contributed by atoms with E-state index in [2.05, 4.69) is 15.9 Å². The van der Waals surface area contributed by atoms with Gasteiger partial charge in [-0.1, -0.05) is 27.5 Å². The second-order valence-corrected chi connectivity index (χ2v) is 5.41. The number of benzene rings is 2. The molecule has 104 valence electrons. The number of amides is 1. The van der Waals surface area contributed by atoms with E-state index in [4.69, 9.17) is 11.6 Å². The van der Waals surface area contributed by atoms with Crippen LogP contribution in [0.25, 0.3) is 0 Å². The standard InChI is InChI=1S/C14H9BrClF2NO/c1-19(13-5-2-8(15)6-11(13)16)14(20)10-7-9(17)3-4-12(10)18/h2-7H,1H3. The topological polar surface area (TPSA) is 20.3 Å². The molecule has 0 N–H and O–H groups in total. The van der Waals surface area contributed by atoms with Crippen LogP contribution in [0.4, 0.5) is 14.5 Å². The average Bonchev–Trinajstić information content (AvgIpc) is 2.40. The minimum absolute atomic E-state index is 0.326. The molecule has 2 rings (SSSR count). The first kappa shape index (κ1) is 14.9. The third kappa shape index (κ3) is 2.99. The Bertz CT molecular complexity index is 678. The number of carbonyl (C=O) groups is 1. The fraction of sp³-hybridized carbons (Fsp3) is 0.0714. The Kier molecular flexibility index (Phi) is 4.40. The van der Waals surface area contributed by atoms with Crippen LogP contribution in [0.15, 0.2) is 40.9 Å². The SMILES string of the molecule is CN(C(=O)c1cc(F)ccc1F)c1ccc(Br)cc1Cl. The lowest BCUT2D eigenvalue weighted by Gasteiger charge is -2.19. The summed E-state index contributed by atoms with van der Waals surface area (Å²) in [5.74, 6) is -2.13. The first-order chi connectivity index (χ1) is 9.40. The molecule has 2 aromatic rings. The molecule has 0 aliphatic rings. The monoisotopic (exact) mass is 359 g/mol. The normalized spacial score (nSPS) is 10.4. The van der Waals surface area contributed by atoms with Gasteiger partial charge in [0.05, 0.1) is 16.3 Å². The minimum Gasteiger partial charge on any atom is -0.310 e. The van der Waals surface area contributed by atoms with Gasteiger partial charge in [0, 0.05) is 11.5 Å². The van der Waals surface area contributed by atoms with Gasteiger partial charge in [-0.2, -0.15) is 0 Å². The van der Waals surface area contributed by atoms with E-state index in [1.165, 1.54) is 11.9 Å². The van der Waals surface area contributed by atoms with Crippen LogP contribution in [-0.4, -0.2) is 13.0 Å². The fourth-order valence-corrected chi connectivity index (χ4v) is 2.50. The molecule has 0 spiro atoms. The summed E-state index contributed by atoms with van der Waals surface area (Å²) >= 11 is 9.29. The molecular weight excluding hydrogens is 352 g/mol. The fourth-order valence-electron chi connectivity index (χ4n) is 1.70. The van der Waals surface area contributed by atoms with E-state index in [1.54, 1.807) is 18.2 Å². The summed E-state index contributed by atoms with van der Waals surface area (Å²) in [4.78, 5) is 13.4. The quantitative estimate of drug-likeness (QED) is 0.763. The summed E-state index contributed by atoms with van der Waals surface area (Å²) in [6.45, 7) is 0. The van der Waals surface area contributed by atoms with Gasteiger partial charge in [0.1, 0.15) is 11.6 Å². The first-order valence-electron chi connectivity index (χ1n) is 5.58. The van der Waals surface area contributed by atoms with E-state index in [0.717, 1.165) is 22.7 Å². The molecule has 0 heterocycles. The van der Waals surface area contributed by atoms with E-state index in [9.17, 15) is 13.6 Å². The van der Waals surface area contributed by atoms with Crippen LogP contribution in [0.3, 0.4) is 0 Å². The second kappa shape index (κ2) is 5.89. The summed E-state index contributed by atoms with van der Waals surface area (Å²) in [5.41, 5.74) is 0.0648. The maximum Gasteiger partial charge on any atom is 0.261 e. The van der Waals surface area contributed by atoms with Crippen LogP contribution in [0.1, 0.15) is 10.4 Å². The molecule has 0 saturated heterocycles. The summed E-state index contributed by atoms with van der Waals surface area (Å²) in [6.07, 6.45) is 0. The molecule has 0 aromatic heterocycles. The van der Waals surface area contributed by atoms with Crippen molar-refractivity contribution < 1.29 is 13.6 Å². The van der Waals surface area contributed by atoms with Crippen molar-refractivity contribution in [2.45, 2.75) is 0 Å². The van der Waals surface area contributed by atoms with Crippen LogP contribution in [0.5, 0.6) is 0 Å². The maximum atomic E-state index is 13.6. The molecule has 2 nitrogen and oxygen atoms in total. The first-order valence-corrected chi connectivity index (χ1v) is 6.75. The van der Waals surface area contributed by atoms with Crippen LogP contribution in [0.2, 0.25) is 5.02 Å². The molecule has 0 unspecified atom stereocenters. The van der Waals surface area contributed by atoms with E-state index >= 15 is 0 Å². The highest BCUT2D eigenvalue weighted by atomic mass is 79.9. The van der Waals surface area contributed by atoms with Gasteiger partial charge in [0.2, 0.25) is 0 Å². The van der Waals surface area contributed by atoms with E-state index in [0.29, 0.717) is 10.7 Å². The third-order valence-electron chi connectivity index (χ3n) is 2.73. The zero-order chi connectivity index (χ0) is 14.9. The van der Waals surface area contributed by atoms with Crippen molar-refractivity contribution in [3.8, 4) is 0 Å². The zero-order valence-corrected chi connectivity index (χ0v) is 12.7. The molecule has 0 aliphatic heterocycles. The largest absolute Gasteiger partial charge is 0.310 e. The van der Waals surface area contributed by atoms with Gasteiger partial charge in [0.25, 0.3) is 5.91 Å². The predicted octanol–water partition coefficient (Wildman–Crippen LogP) is 4.66. The summed E-state index contributed by atoms with van der Waals surface area (Å²) in [7, 11) is 1.45. The number of hydrogen-bond acceptors (Lipinski definition) is 1. The number of anilines is 1. The lowest BCUT2D eigenvalue weighted by Crippen LogP contribution is -2.27. The molecule has 0 aliphatic carbocycles. The van der Waals surface area contributed by atoms with Crippen LogP contribution in [0, 0.1) is 11.6 Å². The Morgan fingerprint density at radius 1 is 1.20 bits per heavy atom. The number of carbonyl (C=O) groups excluding carboxylic acids is 1.